The molecule has 6 rings (SSSR count). The number of carbonyl (C=O) groups is 5. The summed E-state index contributed by atoms with van der Waals surface area (Å²) in [5.74, 6) is -2.51. The van der Waals surface area contributed by atoms with Gasteiger partial charge < -0.3 is 19.8 Å². The molecule has 8 atom stereocenters. The maximum absolute atomic E-state index is 14.1. The van der Waals surface area contributed by atoms with Gasteiger partial charge in [-0.05, 0) is 123 Å². The summed E-state index contributed by atoms with van der Waals surface area (Å²) in [6.45, 7) is 19.9. The number of carboxylic acids is 2. The second-order valence-electron chi connectivity index (χ2n) is 20.4. The number of rotatable bonds is 10. The zero-order valence-electron chi connectivity index (χ0n) is 34.8. The van der Waals surface area contributed by atoms with Crippen molar-refractivity contribution in [3.8, 4) is 0 Å². The molecule has 0 aromatic heterocycles. The lowest BCUT2D eigenvalue weighted by atomic mass is 9.33. The van der Waals surface area contributed by atoms with Crippen molar-refractivity contribution in [2.45, 2.75) is 146 Å². The number of hydrogen-bond acceptors (Lipinski definition) is 6. The molecule has 0 aliphatic heterocycles. The first kappa shape index (κ1) is 41.2. The maximum Gasteiger partial charge on any atom is 0.394 e. The molecule has 2 N–H and O–H groups in total. The van der Waals surface area contributed by atoms with E-state index in [0.717, 1.165) is 62.5 Å². The average Bonchev–Trinajstić information content (AvgIpc) is 3.40. The van der Waals surface area contributed by atoms with E-state index in [2.05, 4.69) is 48.5 Å². The van der Waals surface area contributed by atoms with E-state index in [4.69, 9.17) is 4.74 Å². The Labute approximate surface area is 328 Å². The molecule has 0 radical (unpaired) electrons. The Bertz CT molecular complexity index is 1760. The number of ketones is 1. The lowest BCUT2D eigenvalue weighted by molar-refractivity contribution is -0.233. The number of carboxylic acid groups (broad SMARTS) is 2. The molecule has 302 valence electrons. The monoisotopic (exact) mass is 759 g/mol. The Morgan fingerprint density at radius 1 is 0.873 bits per heavy atom. The van der Waals surface area contributed by atoms with Gasteiger partial charge in [0.25, 0.3) is 0 Å². The summed E-state index contributed by atoms with van der Waals surface area (Å²) in [4.78, 5) is 65.5. The predicted molar refractivity (Wildman–Crippen MR) is 209 cm³/mol. The summed E-state index contributed by atoms with van der Waals surface area (Å²) in [5.41, 5.74) is 1.30. The van der Waals surface area contributed by atoms with Gasteiger partial charge in [-0.1, -0.05) is 84.4 Å². The number of Topliss-reactive ketones (excluding diaryl/α,β-unsaturated/α-hetero) is 1. The van der Waals surface area contributed by atoms with Gasteiger partial charge in [0, 0.05) is 30.3 Å². The van der Waals surface area contributed by atoms with Crippen LogP contribution < -0.4 is 0 Å². The van der Waals surface area contributed by atoms with Crippen LogP contribution in [0.25, 0.3) is 0 Å². The van der Waals surface area contributed by atoms with Crippen molar-refractivity contribution in [2.24, 2.45) is 56.2 Å². The number of esters is 1. The van der Waals surface area contributed by atoms with E-state index < -0.39 is 34.6 Å². The predicted octanol–water partition coefficient (Wildman–Crippen LogP) is 8.88. The first-order chi connectivity index (χ1) is 25.5. The first-order valence-corrected chi connectivity index (χ1v) is 20.8. The summed E-state index contributed by atoms with van der Waals surface area (Å²) in [7, 11) is 0. The molecule has 55 heavy (non-hydrogen) atoms. The molecular formula is C46H65NO8. The summed E-state index contributed by atoms with van der Waals surface area (Å²) in [6.07, 6.45) is 8.19. The molecule has 8 unspecified atom stereocenters. The van der Waals surface area contributed by atoms with E-state index in [1.54, 1.807) is 13.8 Å². The smallest absolute Gasteiger partial charge is 0.394 e. The quantitative estimate of drug-likeness (QED) is 0.178. The minimum absolute atomic E-state index is 0.0117. The number of benzene rings is 1. The number of aliphatic carboxylic acids is 2. The molecule has 5 aliphatic carbocycles. The third-order valence-electron chi connectivity index (χ3n) is 16.5. The Morgan fingerprint density at radius 3 is 2.16 bits per heavy atom. The van der Waals surface area contributed by atoms with Gasteiger partial charge in [-0.25, -0.2) is 4.79 Å². The van der Waals surface area contributed by atoms with E-state index >= 15 is 0 Å². The molecule has 4 saturated carbocycles. The second kappa shape index (κ2) is 14.2. The van der Waals surface area contributed by atoms with Crippen LogP contribution in [0.3, 0.4) is 0 Å². The minimum atomic E-state index is -1.46. The fraction of sp³-hybridized carbons (Fsp3) is 0.717. The van der Waals surface area contributed by atoms with Crippen molar-refractivity contribution in [1.29, 1.82) is 0 Å². The number of ether oxygens (including phenoxy) is 1. The van der Waals surface area contributed by atoms with Gasteiger partial charge in [0.1, 0.15) is 6.10 Å². The van der Waals surface area contributed by atoms with E-state index in [1.807, 2.05) is 30.3 Å². The lowest BCUT2D eigenvalue weighted by Gasteiger charge is -2.72. The van der Waals surface area contributed by atoms with Gasteiger partial charge in [0.15, 0.2) is 5.78 Å². The van der Waals surface area contributed by atoms with E-state index in [0.29, 0.717) is 24.7 Å². The van der Waals surface area contributed by atoms with Crippen LogP contribution in [0.15, 0.2) is 41.5 Å². The number of amides is 1. The fourth-order valence-corrected chi connectivity index (χ4v) is 13.4. The second-order valence-corrected chi connectivity index (χ2v) is 20.4. The Morgan fingerprint density at radius 2 is 1.55 bits per heavy atom. The van der Waals surface area contributed by atoms with Crippen LogP contribution in [-0.4, -0.2) is 57.4 Å². The molecule has 9 nitrogen and oxygen atoms in total. The van der Waals surface area contributed by atoms with E-state index in [-0.39, 0.29) is 64.9 Å². The van der Waals surface area contributed by atoms with Crippen LogP contribution in [0.5, 0.6) is 0 Å². The Kier molecular flexibility index (Phi) is 10.6. The van der Waals surface area contributed by atoms with Crippen LogP contribution in [0, 0.1) is 56.2 Å². The average molecular weight is 760 g/mol. The number of carbonyl (C=O) groups excluding carboxylic acids is 3. The molecule has 1 aromatic carbocycles. The number of fused-ring (bicyclic) bond motifs is 7. The Balaban J connectivity index is 1.28. The molecule has 1 amide bonds. The SMILES string of the molecule is CC(C)C1=C2C3CCC4C5(C)CCC(OC(=O)CC(C)(C)C(=O)O)C(C)(C)C5CCC4(C)C3(C)CCC2(CCN(Cc2ccccc2)C(=O)C(=O)O)CC1=O. The van der Waals surface area contributed by atoms with Crippen LogP contribution >= 0.6 is 0 Å². The molecule has 0 saturated heterocycles. The fourth-order valence-electron chi connectivity index (χ4n) is 13.4. The summed E-state index contributed by atoms with van der Waals surface area (Å²) >= 11 is 0. The molecule has 0 heterocycles. The van der Waals surface area contributed by atoms with Crippen molar-refractivity contribution in [3.63, 3.8) is 0 Å². The molecule has 9 heteroatoms. The van der Waals surface area contributed by atoms with Crippen molar-refractivity contribution < 1.29 is 38.9 Å². The Hall–Kier alpha value is -3.49. The zero-order chi connectivity index (χ0) is 40.5. The maximum atomic E-state index is 14.1. The number of hydrogen-bond donors (Lipinski definition) is 2. The standard InChI is InChI=1S/C46H65NO8/c1-28(2)36-31(48)25-46(23-24-47(38(50)39(51)52)27-29-13-11-10-12-14-29)22-21-44(8)30(37(36)46)15-16-33-43(7)19-18-34(55-35(49)26-41(3,4)40(53)54)42(5,6)32(43)17-20-45(33,44)9/h10-14,28,30,32-34H,15-27H2,1-9H3,(H,51,52)(H,53,54). The number of nitrogens with zero attached hydrogens (tertiary/aromatic N) is 1. The molecule has 0 bridgehead atoms. The van der Waals surface area contributed by atoms with E-state index in [1.165, 1.54) is 10.5 Å². The van der Waals surface area contributed by atoms with Crippen LogP contribution in [0.1, 0.15) is 139 Å². The normalized spacial score (nSPS) is 35.3. The van der Waals surface area contributed by atoms with Gasteiger partial charge in [-0.2, -0.15) is 0 Å². The highest BCUT2D eigenvalue weighted by molar-refractivity contribution is 6.31. The zero-order valence-corrected chi connectivity index (χ0v) is 34.8. The molecule has 0 spiro atoms. The van der Waals surface area contributed by atoms with Crippen LogP contribution in [0.4, 0.5) is 0 Å². The van der Waals surface area contributed by atoms with Crippen LogP contribution in [-0.2, 0) is 35.3 Å². The summed E-state index contributed by atoms with van der Waals surface area (Å²) in [6, 6.07) is 9.50. The molecular weight excluding hydrogens is 695 g/mol. The lowest BCUT2D eigenvalue weighted by Crippen LogP contribution is -2.65. The molecule has 5 aliphatic rings. The van der Waals surface area contributed by atoms with Crippen molar-refractivity contribution in [2.75, 3.05) is 6.54 Å². The molecule has 4 fully saturated rings. The van der Waals surface area contributed by atoms with Crippen LogP contribution in [0.2, 0.25) is 0 Å². The third-order valence-corrected chi connectivity index (χ3v) is 16.5. The van der Waals surface area contributed by atoms with Gasteiger partial charge in [0.05, 0.1) is 11.8 Å². The summed E-state index contributed by atoms with van der Waals surface area (Å²) < 4.78 is 6.16. The highest BCUT2D eigenvalue weighted by Crippen LogP contribution is 2.77. The van der Waals surface area contributed by atoms with Gasteiger partial charge in [-0.15, -0.1) is 0 Å². The topological polar surface area (TPSA) is 138 Å². The van der Waals surface area contributed by atoms with Crippen molar-refractivity contribution in [1.82, 2.24) is 4.90 Å². The van der Waals surface area contributed by atoms with Crippen molar-refractivity contribution in [3.05, 3.63) is 47.0 Å². The van der Waals surface area contributed by atoms with Gasteiger partial charge in [0.2, 0.25) is 0 Å². The van der Waals surface area contributed by atoms with Gasteiger partial charge >= 0.3 is 23.8 Å². The van der Waals surface area contributed by atoms with Gasteiger partial charge in [-0.3, -0.25) is 19.2 Å². The number of allylic oxidation sites excluding steroid dienone is 2. The largest absolute Gasteiger partial charge is 0.481 e. The van der Waals surface area contributed by atoms with E-state index in [9.17, 15) is 34.2 Å². The highest BCUT2D eigenvalue weighted by Gasteiger charge is 2.70. The summed E-state index contributed by atoms with van der Waals surface area (Å²) in [5, 5.41) is 19.4. The third kappa shape index (κ3) is 6.67. The highest BCUT2D eigenvalue weighted by atomic mass is 16.5. The molecule has 1 aromatic rings. The first-order valence-electron chi connectivity index (χ1n) is 20.8. The minimum Gasteiger partial charge on any atom is -0.481 e. The van der Waals surface area contributed by atoms with Crippen molar-refractivity contribution >= 4 is 29.6 Å².